The summed E-state index contributed by atoms with van der Waals surface area (Å²) in [5.41, 5.74) is 1.73. The van der Waals surface area contributed by atoms with E-state index < -0.39 is 15.8 Å². The van der Waals surface area contributed by atoms with Gasteiger partial charge in [0.25, 0.3) is 5.91 Å². The van der Waals surface area contributed by atoms with Crippen LogP contribution in [0, 0.1) is 12.7 Å². The standard InChI is InChI=1S/C19H21FN2O3S/c1-14-2-4-15(5-3-14)19(23)22-12-10-17(11-13-22)21-26(24,25)18-8-6-16(20)7-9-18/h2-9,17,21H,10-13H2,1H3. The van der Waals surface area contributed by atoms with E-state index >= 15 is 0 Å². The maximum Gasteiger partial charge on any atom is 0.253 e. The molecule has 3 rings (SSSR count). The maximum absolute atomic E-state index is 13.0. The Morgan fingerprint density at radius 2 is 1.62 bits per heavy atom. The Morgan fingerprint density at radius 1 is 1.04 bits per heavy atom. The second-order valence-corrected chi connectivity index (χ2v) is 8.22. The van der Waals surface area contributed by atoms with E-state index in [0.29, 0.717) is 31.5 Å². The van der Waals surface area contributed by atoms with Gasteiger partial charge in [0.2, 0.25) is 10.0 Å². The summed E-state index contributed by atoms with van der Waals surface area (Å²) in [6.45, 7) is 2.94. The molecule has 7 heteroatoms. The Kier molecular flexibility index (Phi) is 5.38. The summed E-state index contributed by atoms with van der Waals surface area (Å²) < 4.78 is 40.3. The number of carbonyl (C=O) groups excluding carboxylic acids is 1. The molecule has 138 valence electrons. The van der Waals surface area contributed by atoms with E-state index in [9.17, 15) is 17.6 Å². The van der Waals surface area contributed by atoms with Crippen LogP contribution in [0.4, 0.5) is 4.39 Å². The first-order valence-corrected chi connectivity index (χ1v) is 9.97. The van der Waals surface area contributed by atoms with Crippen LogP contribution in [-0.2, 0) is 10.0 Å². The van der Waals surface area contributed by atoms with Crippen molar-refractivity contribution in [3.63, 3.8) is 0 Å². The van der Waals surface area contributed by atoms with Crippen LogP contribution < -0.4 is 4.72 Å². The Labute approximate surface area is 152 Å². The average molecular weight is 376 g/mol. The minimum absolute atomic E-state index is 0.0372. The van der Waals surface area contributed by atoms with Crippen LogP contribution in [0.2, 0.25) is 0 Å². The fourth-order valence-corrected chi connectivity index (χ4v) is 4.29. The van der Waals surface area contributed by atoms with Crippen LogP contribution in [0.25, 0.3) is 0 Å². The summed E-state index contributed by atoms with van der Waals surface area (Å²) in [6.07, 6.45) is 1.08. The third kappa shape index (κ3) is 4.28. The highest BCUT2D eigenvalue weighted by Gasteiger charge is 2.27. The number of aryl methyl sites for hydroxylation is 1. The van der Waals surface area contributed by atoms with Gasteiger partial charge in [-0.15, -0.1) is 0 Å². The van der Waals surface area contributed by atoms with Crippen molar-refractivity contribution in [2.75, 3.05) is 13.1 Å². The molecule has 0 atom stereocenters. The van der Waals surface area contributed by atoms with Crippen LogP contribution in [0.1, 0.15) is 28.8 Å². The highest BCUT2D eigenvalue weighted by molar-refractivity contribution is 7.89. The van der Waals surface area contributed by atoms with Gasteiger partial charge in [0.1, 0.15) is 5.82 Å². The topological polar surface area (TPSA) is 66.5 Å². The molecular weight excluding hydrogens is 355 g/mol. The van der Waals surface area contributed by atoms with Gasteiger partial charge < -0.3 is 4.90 Å². The number of hydrogen-bond acceptors (Lipinski definition) is 3. The van der Waals surface area contributed by atoms with Crippen LogP contribution in [0.5, 0.6) is 0 Å². The number of rotatable bonds is 4. The zero-order valence-electron chi connectivity index (χ0n) is 14.5. The summed E-state index contributed by atoms with van der Waals surface area (Å²) in [6, 6.07) is 11.9. The van der Waals surface area contributed by atoms with Crippen molar-refractivity contribution in [2.24, 2.45) is 0 Å². The van der Waals surface area contributed by atoms with Gasteiger partial charge in [-0.3, -0.25) is 4.79 Å². The largest absolute Gasteiger partial charge is 0.339 e. The molecule has 2 aromatic carbocycles. The molecule has 0 bridgehead atoms. The lowest BCUT2D eigenvalue weighted by Crippen LogP contribution is -2.46. The van der Waals surface area contributed by atoms with Gasteiger partial charge in [-0.1, -0.05) is 17.7 Å². The number of carbonyl (C=O) groups is 1. The number of nitrogens with one attached hydrogen (secondary N) is 1. The zero-order valence-corrected chi connectivity index (χ0v) is 15.3. The summed E-state index contributed by atoms with van der Waals surface area (Å²) in [4.78, 5) is 14.3. The van der Waals surface area contributed by atoms with Gasteiger partial charge in [-0.25, -0.2) is 17.5 Å². The summed E-state index contributed by atoms with van der Waals surface area (Å²) in [7, 11) is -3.69. The van der Waals surface area contributed by atoms with Crippen molar-refractivity contribution in [1.29, 1.82) is 0 Å². The number of likely N-dealkylation sites (tertiary alicyclic amines) is 1. The number of benzene rings is 2. The predicted octanol–water partition coefficient (Wildman–Crippen LogP) is 2.72. The highest BCUT2D eigenvalue weighted by Crippen LogP contribution is 2.17. The van der Waals surface area contributed by atoms with Crippen molar-refractivity contribution in [1.82, 2.24) is 9.62 Å². The number of halogens is 1. The monoisotopic (exact) mass is 376 g/mol. The molecule has 5 nitrogen and oxygen atoms in total. The Bertz CT molecular complexity index is 872. The molecule has 1 heterocycles. The predicted molar refractivity (Wildman–Crippen MR) is 96.8 cm³/mol. The van der Waals surface area contributed by atoms with E-state index in [2.05, 4.69) is 4.72 Å². The Morgan fingerprint density at radius 3 is 2.19 bits per heavy atom. The van der Waals surface area contributed by atoms with Crippen molar-refractivity contribution in [3.8, 4) is 0 Å². The lowest BCUT2D eigenvalue weighted by molar-refractivity contribution is 0.0711. The molecule has 2 aromatic rings. The number of sulfonamides is 1. The molecular formula is C19H21FN2O3S. The van der Waals surface area contributed by atoms with Crippen molar-refractivity contribution in [2.45, 2.75) is 30.7 Å². The number of nitrogens with zero attached hydrogens (tertiary/aromatic N) is 1. The molecule has 1 amide bonds. The van der Waals surface area contributed by atoms with Crippen LogP contribution in [-0.4, -0.2) is 38.4 Å². The highest BCUT2D eigenvalue weighted by atomic mass is 32.2. The lowest BCUT2D eigenvalue weighted by Gasteiger charge is -2.32. The molecule has 1 aliphatic rings. The Hall–Kier alpha value is -2.25. The smallest absolute Gasteiger partial charge is 0.253 e. The first kappa shape index (κ1) is 18.5. The normalized spacial score (nSPS) is 15.8. The van der Waals surface area contributed by atoms with E-state index in [1.165, 1.54) is 12.1 Å². The molecule has 0 radical (unpaired) electrons. The Balaban J connectivity index is 1.59. The second-order valence-electron chi connectivity index (χ2n) is 6.51. The summed E-state index contributed by atoms with van der Waals surface area (Å²) >= 11 is 0. The molecule has 0 spiro atoms. The average Bonchev–Trinajstić information content (AvgIpc) is 2.62. The van der Waals surface area contributed by atoms with E-state index in [1.807, 2.05) is 19.1 Å². The molecule has 26 heavy (non-hydrogen) atoms. The number of amides is 1. The number of hydrogen-bond donors (Lipinski definition) is 1. The number of piperidine rings is 1. The van der Waals surface area contributed by atoms with Crippen LogP contribution >= 0.6 is 0 Å². The molecule has 0 aromatic heterocycles. The minimum Gasteiger partial charge on any atom is -0.339 e. The van der Waals surface area contributed by atoms with E-state index in [4.69, 9.17) is 0 Å². The van der Waals surface area contributed by atoms with E-state index in [1.54, 1.807) is 17.0 Å². The third-order valence-electron chi connectivity index (χ3n) is 4.53. The van der Waals surface area contributed by atoms with Gasteiger partial charge in [-0.05, 0) is 56.2 Å². The zero-order chi connectivity index (χ0) is 18.7. The molecule has 0 unspecified atom stereocenters. The van der Waals surface area contributed by atoms with Crippen molar-refractivity contribution < 1.29 is 17.6 Å². The molecule has 0 aliphatic carbocycles. The maximum atomic E-state index is 13.0. The van der Waals surface area contributed by atoms with Crippen molar-refractivity contribution >= 4 is 15.9 Å². The van der Waals surface area contributed by atoms with Gasteiger partial charge in [-0.2, -0.15) is 0 Å². The van der Waals surface area contributed by atoms with Crippen LogP contribution in [0.3, 0.4) is 0 Å². The fourth-order valence-electron chi connectivity index (χ4n) is 2.98. The van der Waals surface area contributed by atoms with E-state index in [0.717, 1.165) is 17.7 Å². The first-order chi connectivity index (χ1) is 12.3. The lowest BCUT2D eigenvalue weighted by atomic mass is 10.0. The molecule has 1 aliphatic heterocycles. The SMILES string of the molecule is Cc1ccc(C(=O)N2CCC(NS(=O)(=O)c3ccc(F)cc3)CC2)cc1. The summed E-state index contributed by atoms with van der Waals surface area (Å²) in [5.74, 6) is -0.517. The summed E-state index contributed by atoms with van der Waals surface area (Å²) in [5, 5.41) is 0. The van der Waals surface area contributed by atoms with Gasteiger partial charge >= 0.3 is 0 Å². The quantitative estimate of drug-likeness (QED) is 0.892. The van der Waals surface area contributed by atoms with Gasteiger partial charge in [0.05, 0.1) is 4.90 Å². The van der Waals surface area contributed by atoms with Crippen LogP contribution in [0.15, 0.2) is 53.4 Å². The molecule has 1 N–H and O–H groups in total. The molecule has 0 saturated carbocycles. The first-order valence-electron chi connectivity index (χ1n) is 8.49. The third-order valence-corrected chi connectivity index (χ3v) is 6.06. The second kappa shape index (κ2) is 7.55. The molecule has 1 saturated heterocycles. The van der Waals surface area contributed by atoms with Crippen molar-refractivity contribution in [3.05, 3.63) is 65.5 Å². The molecule has 1 fully saturated rings. The fraction of sp³-hybridized carbons (Fsp3) is 0.316. The van der Waals surface area contributed by atoms with Gasteiger partial charge in [0.15, 0.2) is 0 Å². The minimum atomic E-state index is -3.69. The van der Waals surface area contributed by atoms with Gasteiger partial charge in [0, 0.05) is 24.7 Å². The van der Waals surface area contributed by atoms with E-state index in [-0.39, 0.29) is 16.8 Å².